The lowest BCUT2D eigenvalue weighted by molar-refractivity contribution is 0.878. The summed E-state index contributed by atoms with van der Waals surface area (Å²) >= 11 is 7.73. The first-order valence-corrected chi connectivity index (χ1v) is 7.61. The van der Waals surface area contributed by atoms with E-state index < -0.39 is 0 Å². The minimum atomic E-state index is 0.526. The lowest BCUT2D eigenvalue weighted by Gasteiger charge is -2.06. The van der Waals surface area contributed by atoms with Gasteiger partial charge in [0.15, 0.2) is 0 Å². The summed E-state index contributed by atoms with van der Waals surface area (Å²) in [7, 11) is 0. The van der Waals surface area contributed by atoms with Gasteiger partial charge in [0.25, 0.3) is 0 Å². The summed E-state index contributed by atoms with van der Waals surface area (Å²) in [6.45, 7) is 4.25. The van der Waals surface area contributed by atoms with Crippen LogP contribution in [0.15, 0.2) is 34.2 Å². The van der Waals surface area contributed by atoms with E-state index in [1.165, 1.54) is 28.9 Å². The Kier molecular flexibility index (Phi) is 3.50. The van der Waals surface area contributed by atoms with Gasteiger partial charge in [-0.25, -0.2) is 9.97 Å². The predicted octanol–water partition coefficient (Wildman–Crippen LogP) is 4.78. The number of aryl methyl sites for hydroxylation is 2. The summed E-state index contributed by atoms with van der Waals surface area (Å²) in [5.41, 5.74) is 2.61. The van der Waals surface area contributed by atoms with Crippen LogP contribution in [-0.2, 0) is 0 Å². The molecular formula is C15H15ClN2S. The number of halogens is 1. The van der Waals surface area contributed by atoms with Crippen molar-refractivity contribution in [3.8, 4) is 0 Å². The van der Waals surface area contributed by atoms with Gasteiger partial charge in [-0.3, -0.25) is 0 Å². The van der Waals surface area contributed by atoms with Crippen molar-refractivity contribution in [2.45, 2.75) is 42.5 Å². The first-order chi connectivity index (χ1) is 9.11. The molecule has 2 nitrogen and oxygen atoms in total. The molecule has 0 amide bonds. The fourth-order valence-corrected chi connectivity index (χ4v) is 3.07. The molecule has 0 aliphatic heterocycles. The smallest absolute Gasteiger partial charge is 0.134 e. The third kappa shape index (κ3) is 3.10. The number of benzene rings is 1. The Morgan fingerprint density at radius 1 is 1.11 bits per heavy atom. The molecule has 0 spiro atoms. The zero-order chi connectivity index (χ0) is 13.4. The highest BCUT2D eigenvalue weighted by atomic mass is 35.5. The molecule has 1 aromatic heterocycles. The SMILES string of the molecule is Cc1ccc(Sc2cc(Cl)nc(C3CC3)n2)cc1C. The Morgan fingerprint density at radius 3 is 2.58 bits per heavy atom. The Balaban J connectivity index is 1.87. The molecule has 1 aromatic carbocycles. The van der Waals surface area contributed by atoms with E-state index in [1.807, 2.05) is 6.07 Å². The third-order valence-electron chi connectivity index (χ3n) is 3.33. The Morgan fingerprint density at radius 2 is 1.89 bits per heavy atom. The van der Waals surface area contributed by atoms with E-state index in [0.717, 1.165) is 10.9 Å². The van der Waals surface area contributed by atoms with Gasteiger partial charge in [0, 0.05) is 16.9 Å². The maximum atomic E-state index is 6.08. The summed E-state index contributed by atoms with van der Waals surface area (Å²) in [5, 5.41) is 1.48. The molecule has 19 heavy (non-hydrogen) atoms. The summed E-state index contributed by atoms with van der Waals surface area (Å²) in [4.78, 5) is 10.1. The predicted molar refractivity (Wildman–Crippen MR) is 79.1 cm³/mol. The van der Waals surface area contributed by atoms with Crippen LogP contribution in [0.1, 0.15) is 35.7 Å². The van der Waals surface area contributed by atoms with Crippen LogP contribution < -0.4 is 0 Å². The van der Waals surface area contributed by atoms with Gasteiger partial charge >= 0.3 is 0 Å². The van der Waals surface area contributed by atoms with Crippen molar-refractivity contribution < 1.29 is 0 Å². The minimum Gasteiger partial charge on any atom is -0.226 e. The number of aromatic nitrogens is 2. The van der Waals surface area contributed by atoms with E-state index in [4.69, 9.17) is 11.6 Å². The number of hydrogen-bond acceptors (Lipinski definition) is 3. The Labute approximate surface area is 122 Å². The molecule has 0 N–H and O–H groups in total. The topological polar surface area (TPSA) is 25.8 Å². The van der Waals surface area contributed by atoms with Crippen molar-refractivity contribution >= 4 is 23.4 Å². The van der Waals surface area contributed by atoms with E-state index in [9.17, 15) is 0 Å². The van der Waals surface area contributed by atoms with E-state index in [0.29, 0.717) is 11.1 Å². The van der Waals surface area contributed by atoms with Gasteiger partial charge in [-0.05, 0) is 49.9 Å². The Bertz CT molecular complexity index is 624. The maximum Gasteiger partial charge on any atom is 0.134 e. The number of rotatable bonds is 3. The normalized spacial score (nSPS) is 14.7. The van der Waals surface area contributed by atoms with Crippen LogP contribution >= 0.6 is 23.4 Å². The maximum absolute atomic E-state index is 6.08. The third-order valence-corrected chi connectivity index (χ3v) is 4.43. The molecule has 1 aliphatic rings. The molecule has 0 saturated heterocycles. The quantitative estimate of drug-likeness (QED) is 0.761. The molecule has 1 saturated carbocycles. The summed E-state index contributed by atoms with van der Waals surface area (Å²) < 4.78 is 0. The molecule has 3 rings (SSSR count). The van der Waals surface area contributed by atoms with Crippen molar-refractivity contribution in [2.75, 3.05) is 0 Å². The van der Waals surface area contributed by atoms with Crippen molar-refractivity contribution in [3.05, 3.63) is 46.4 Å². The summed E-state index contributed by atoms with van der Waals surface area (Å²) in [5.74, 6) is 1.43. The average molecular weight is 291 g/mol. The monoisotopic (exact) mass is 290 g/mol. The van der Waals surface area contributed by atoms with E-state index >= 15 is 0 Å². The highest BCUT2D eigenvalue weighted by Gasteiger charge is 2.27. The van der Waals surface area contributed by atoms with Crippen LogP contribution in [0.3, 0.4) is 0 Å². The average Bonchev–Trinajstić information content (AvgIpc) is 3.17. The molecule has 4 heteroatoms. The van der Waals surface area contributed by atoms with Gasteiger partial charge < -0.3 is 0 Å². The standard InChI is InChI=1S/C15H15ClN2S/c1-9-3-6-12(7-10(9)2)19-14-8-13(16)17-15(18-14)11-4-5-11/h3,6-8,11H,4-5H2,1-2H3. The van der Waals surface area contributed by atoms with Crippen molar-refractivity contribution in [2.24, 2.45) is 0 Å². The van der Waals surface area contributed by atoms with Crippen LogP contribution in [0.4, 0.5) is 0 Å². The zero-order valence-corrected chi connectivity index (χ0v) is 12.6. The largest absolute Gasteiger partial charge is 0.226 e. The van der Waals surface area contributed by atoms with Gasteiger partial charge in [-0.1, -0.05) is 29.4 Å². The molecule has 98 valence electrons. The summed E-state index contributed by atoms with van der Waals surface area (Å²) in [6, 6.07) is 8.29. The second-order valence-corrected chi connectivity index (χ2v) is 6.49. The fourth-order valence-electron chi connectivity index (χ4n) is 1.89. The van der Waals surface area contributed by atoms with Gasteiger partial charge in [-0.2, -0.15) is 0 Å². The molecule has 1 heterocycles. The molecular weight excluding hydrogens is 276 g/mol. The van der Waals surface area contributed by atoms with Crippen LogP contribution in [0, 0.1) is 13.8 Å². The molecule has 0 bridgehead atoms. The van der Waals surface area contributed by atoms with Crippen LogP contribution in [0.25, 0.3) is 0 Å². The number of nitrogens with zero attached hydrogens (tertiary/aromatic N) is 2. The lowest BCUT2D eigenvalue weighted by atomic mass is 10.1. The van der Waals surface area contributed by atoms with Gasteiger partial charge in [0.2, 0.25) is 0 Å². The van der Waals surface area contributed by atoms with Crippen LogP contribution in [0.5, 0.6) is 0 Å². The van der Waals surface area contributed by atoms with E-state index in [2.05, 4.69) is 42.0 Å². The van der Waals surface area contributed by atoms with E-state index in [-0.39, 0.29) is 0 Å². The first kappa shape index (κ1) is 12.9. The zero-order valence-electron chi connectivity index (χ0n) is 11.0. The second-order valence-electron chi connectivity index (χ2n) is 5.01. The molecule has 0 atom stereocenters. The van der Waals surface area contributed by atoms with Crippen LogP contribution in [0.2, 0.25) is 5.15 Å². The molecule has 1 aliphatic carbocycles. The van der Waals surface area contributed by atoms with E-state index in [1.54, 1.807) is 11.8 Å². The van der Waals surface area contributed by atoms with Crippen molar-refractivity contribution in [3.63, 3.8) is 0 Å². The molecule has 2 aromatic rings. The fraction of sp³-hybridized carbons (Fsp3) is 0.333. The number of hydrogen-bond donors (Lipinski definition) is 0. The lowest BCUT2D eigenvalue weighted by Crippen LogP contribution is -1.94. The highest BCUT2D eigenvalue weighted by Crippen LogP contribution is 2.39. The van der Waals surface area contributed by atoms with Crippen molar-refractivity contribution in [1.29, 1.82) is 0 Å². The molecule has 1 fully saturated rings. The summed E-state index contributed by atoms with van der Waals surface area (Å²) in [6.07, 6.45) is 2.38. The minimum absolute atomic E-state index is 0.526. The first-order valence-electron chi connectivity index (χ1n) is 6.41. The van der Waals surface area contributed by atoms with Gasteiger partial charge in [0.05, 0.1) is 0 Å². The van der Waals surface area contributed by atoms with Crippen molar-refractivity contribution in [1.82, 2.24) is 9.97 Å². The Hall–Kier alpha value is -1.06. The van der Waals surface area contributed by atoms with Crippen LogP contribution in [-0.4, -0.2) is 9.97 Å². The van der Waals surface area contributed by atoms with Gasteiger partial charge in [-0.15, -0.1) is 0 Å². The second kappa shape index (κ2) is 5.14. The molecule has 0 unspecified atom stereocenters. The highest BCUT2D eigenvalue weighted by molar-refractivity contribution is 7.99. The van der Waals surface area contributed by atoms with Gasteiger partial charge in [0.1, 0.15) is 16.0 Å². The molecule has 0 radical (unpaired) electrons.